The summed E-state index contributed by atoms with van der Waals surface area (Å²) in [6, 6.07) is 14.0. The molecule has 7 heteroatoms. The molecule has 0 fully saturated rings. The molecule has 0 heterocycles. The van der Waals surface area contributed by atoms with Gasteiger partial charge in [-0.15, -0.1) is 0 Å². The highest BCUT2D eigenvalue weighted by Crippen LogP contribution is 2.16. The van der Waals surface area contributed by atoms with Crippen LogP contribution in [0.1, 0.15) is 28.4 Å². The zero-order chi connectivity index (χ0) is 21.2. The summed E-state index contributed by atoms with van der Waals surface area (Å²) in [4.78, 5) is 29.5. The van der Waals surface area contributed by atoms with Gasteiger partial charge >= 0.3 is 0 Å². The van der Waals surface area contributed by atoms with Gasteiger partial charge in [0.1, 0.15) is 11.9 Å². The Bertz CT molecular complexity index is 805. The van der Waals surface area contributed by atoms with Gasteiger partial charge in [-0.25, -0.2) is 5.06 Å². The average Bonchev–Trinajstić information content (AvgIpc) is 2.77. The first-order valence-electron chi connectivity index (χ1n) is 9.36. The number of likely N-dealkylation sites (N-methyl/N-ethyl adjacent to an activating group) is 1. The Morgan fingerprint density at radius 2 is 1.83 bits per heavy atom. The predicted molar refractivity (Wildman–Crippen MR) is 108 cm³/mol. The summed E-state index contributed by atoms with van der Waals surface area (Å²) in [5, 5.41) is 10.3. The molecule has 7 nitrogen and oxygen atoms in total. The smallest absolute Gasteiger partial charge is 0.275 e. The maximum absolute atomic E-state index is 12.3. The van der Waals surface area contributed by atoms with Crippen LogP contribution in [0.3, 0.4) is 0 Å². The minimum absolute atomic E-state index is 0.104. The van der Waals surface area contributed by atoms with E-state index in [9.17, 15) is 14.7 Å². The van der Waals surface area contributed by atoms with Gasteiger partial charge in [-0.05, 0) is 36.2 Å². The maximum atomic E-state index is 12.3. The molecule has 2 aromatic carbocycles. The number of Topliss-reactive ketones (excluding diaryl/α,β-unsaturated/α-hetero) is 1. The number of carbonyl (C=O) groups is 2. The molecule has 0 saturated carbocycles. The zero-order valence-electron chi connectivity index (χ0n) is 17.0. The van der Waals surface area contributed by atoms with Gasteiger partial charge in [0.15, 0.2) is 12.4 Å². The molecule has 0 aliphatic carbocycles. The normalized spacial score (nSPS) is 11.7. The van der Waals surface area contributed by atoms with Gasteiger partial charge in [0.05, 0.1) is 13.7 Å². The highest BCUT2D eigenvalue weighted by molar-refractivity contribution is 5.97. The van der Waals surface area contributed by atoms with Crippen molar-refractivity contribution in [3.63, 3.8) is 0 Å². The molecular formula is C22H27NO6. The van der Waals surface area contributed by atoms with Gasteiger partial charge in [-0.1, -0.05) is 30.3 Å². The monoisotopic (exact) mass is 401 g/mol. The summed E-state index contributed by atoms with van der Waals surface area (Å²) in [5.41, 5.74) is 2.07. The number of carbonyl (C=O) groups excluding carboxylic acids is 2. The Kier molecular flexibility index (Phi) is 8.79. The largest absolute Gasteiger partial charge is 0.485 e. The second-order valence-corrected chi connectivity index (χ2v) is 6.38. The number of nitrogens with zero attached hydrogens (tertiary/aromatic N) is 1. The van der Waals surface area contributed by atoms with E-state index in [2.05, 4.69) is 0 Å². The molecule has 0 bridgehead atoms. The standard InChI is InChI=1S/C22H27NO6/c1-4-28-21(22(26)23(2)27-3)13-16-8-10-19(11-9-16)29-15-20(25)18-7-5-6-17(12-18)14-24/h5-12,21,24H,4,13-15H2,1-3H3/t21-/m1/s1. The molecular weight excluding hydrogens is 374 g/mol. The first-order chi connectivity index (χ1) is 14.0. The molecule has 1 amide bonds. The molecule has 1 N–H and O–H groups in total. The Hall–Kier alpha value is -2.74. The van der Waals surface area contributed by atoms with E-state index in [0.29, 0.717) is 29.9 Å². The van der Waals surface area contributed by atoms with Crippen molar-refractivity contribution in [2.45, 2.75) is 26.1 Å². The van der Waals surface area contributed by atoms with Gasteiger partial charge in [0.2, 0.25) is 0 Å². The Balaban J connectivity index is 1.95. The van der Waals surface area contributed by atoms with E-state index in [-0.39, 0.29) is 24.9 Å². The van der Waals surface area contributed by atoms with Crippen LogP contribution in [0.2, 0.25) is 0 Å². The van der Waals surface area contributed by atoms with E-state index in [1.54, 1.807) is 43.4 Å². The minimum Gasteiger partial charge on any atom is -0.485 e. The van der Waals surface area contributed by atoms with E-state index in [0.717, 1.165) is 10.6 Å². The third kappa shape index (κ3) is 6.67. The number of aliphatic hydroxyl groups is 1. The fraction of sp³-hybridized carbons (Fsp3) is 0.364. The number of amides is 1. The lowest BCUT2D eigenvalue weighted by molar-refractivity contribution is -0.180. The Morgan fingerprint density at radius 3 is 2.45 bits per heavy atom. The van der Waals surface area contributed by atoms with Crippen LogP contribution in [0.4, 0.5) is 0 Å². The molecule has 0 unspecified atom stereocenters. The highest BCUT2D eigenvalue weighted by atomic mass is 16.7. The second kappa shape index (κ2) is 11.3. The number of rotatable bonds is 11. The van der Waals surface area contributed by atoms with Crippen LogP contribution in [-0.4, -0.2) is 55.3 Å². The van der Waals surface area contributed by atoms with Crippen molar-refractivity contribution < 1.29 is 29.0 Å². The number of hydroxylamine groups is 2. The average molecular weight is 401 g/mol. The molecule has 2 aromatic rings. The summed E-state index contributed by atoms with van der Waals surface area (Å²) in [5.74, 6) is 0.119. The maximum Gasteiger partial charge on any atom is 0.275 e. The SMILES string of the molecule is CCO[C@H](Cc1ccc(OCC(=O)c2cccc(CO)c2)cc1)C(=O)N(C)OC. The molecule has 0 radical (unpaired) electrons. The summed E-state index contributed by atoms with van der Waals surface area (Å²) >= 11 is 0. The molecule has 0 aromatic heterocycles. The zero-order valence-corrected chi connectivity index (χ0v) is 17.0. The number of hydrogen-bond acceptors (Lipinski definition) is 6. The summed E-state index contributed by atoms with van der Waals surface area (Å²) in [6.07, 6.45) is -0.245. The van der Waals surface area contributed by atoms with Crippen LogP contribution >= 0.6 is 0 Å². The number of hydrogen-bond donors (Lipinski definition) is 1. The third-order valence-electron chi connectivity index (χ3n) is 4.37. The van der Waals surface area contributed by atoms with Gasteiger partial charge in [0, 0.05) is 25.6 Å². The van der Waals surface area contributed by atoms with E-state index in [4.69, 9.17) is 14.3 Å². The molecule has 0 spiro atoms. The molecule has 2 rings (SSSR count). The van der Waals surface area contributed by atoms with Crippen LogP contribution in [0.25, 0.3) is 0 Å². The first-order valence-corrected chi connectivity index (χ1v) is 9.36. The first kappa shape index (κ1) is 22.5. The van der Waals surface area contributed by atoms with Crippen molar-refractivity contribution in [1.29, 1.82) is 0 Å². The molecule has 0 aliphatic heterocycles. The molecule has 156 valence electrons. The molecule has 1 atom stereocenters. The Morgan fingerprint density at radius 1 is 1.10 bits per heavy atom. The molecule has 0 aliphatic rings. The van der Waals surface area contributed by atoms with Crippen molar-refractivity contribution in [2.24, 2.45) is 0 Å². The van der Waals surface area contributed by atoms with Crippen LogP contribution in [0.15, 0.2) is 48.5 Å². The molecule has 0 saturated heterocycles. The van der Waals surface area contributed by atoms with Gasteiger partial charge < -0.3 is 14.6 Å². The fourth-order valence-electron chi connectivity index (χ4n) is 2.72. The van der Waals surface area contributed by atoms with Crippen LogP contribution in [-0.2, 0) is 27.4 Å². The highest BCUT2D eigenvalue weighted by Gasteiger charge is 2.23. The number of aliphatic hydroxyl groups excluding tert-OH is 1. The van der Waals surface area contributed by atoms with Crippen LogP contribution < -0.4 is 4.74 Å². The summed E-state index contributed by atoms with van der Waals surface area (Å²) in [7, 11) is 2.97. The topological polar surface area (TPSA) is 85.3 Å². The minimum atomic E-state index is -0.642. The van der Waals surface area contributed by atoms with Gasteiger partial charge in [0.25, 0.3) is 5.91 Å². The van der Waals surface area contributed by atoms with Crippen molar-refractivity contribution in [2.75, 3.05) is 27.4 Å². The van der Waals surface area contributed by atoms with E-state index in [1.807, 2.05) is 19.1 Å². The second-order valence-electron chi connectivity index (χ2n) is 6.38. The van der Waals surface area contributed by atoms with Crippen LogP contribution in [0.5, 0.6) is 5.75 Å². The lowest BCUT2D eigenvalue weighted by Gasteiger charge is -2.21. The summed E-state index contributed by atoms with van der Waals surface area (Å²) < 4.78 is 11.1. The number of ketones is 1. The lowest BCUT2D eigenvalue weighted by atomic mass is 10.1. The third-order valence-corrected chi connectivity index (χ3v) is 4.37. The van der Waals surface area contributed by atoms with E-state index in [1.165, 1.54) is 7.11 Å². The molecule has 29 heavy (non-hydrogen) atoms. The number of benzene rings is 2. The fourth-order valence-corrected chi connectivity index (χ4v) is 2.72. The predicted octanol–water partition coefficient (Wildman–Crippen LogP) is 2.41. The van der Waals surface area contributed by atoms with Gasteiger partial charge in [-0.3, -0.25) is 14.4 Å². The van der Waals surface area contributed by atoms with Crippen molar-refractivity contribution in [3.05, 3.63) is 65.2 Å². The number of ether oxygens (including phenoxy) is 2. The Labute approximate surface area is 170 Å². The lowest BCUT2D eigenvalue weighted by Crippen LogP contribution is -2.38. The van der Waals surface area contributed by atoms with E-state index >= 15 is 0 Å². The van der Waals surface area contributed by atoms with Crippen molar-refractivity contribution in [1.82, 2.24) is 5.06 Å². The van der Waals surface area contributed by atoms with Crippen molar-refractivity contribution in [3.8, 4) is 5.75 Å². The van der Waals surface area contributed by atoms with E-state index < -0.39 is 6.10 Å². The van der Waals surface area contributed by atoms with Crippen LogP contribution in [0, 0.1) is 0 Å². The van der Waals surface area contributed by atoms with Crippen molar-refractivity contribution >= 4 is 11.7 Å². The summed E-state index contributed by atoms with van der Waals surface area (Å²) in [6.45, 7) is 2.02. The quantitative estimate of drug-likeness (QED) is 0.460. The van der Waals surface area contributed by atoms with Gasteiger partial charge in [-0.2, -0.15) is 0 Å².